The van der Waals surface area contributed by atoms with Crippen molar-refractivity contribution in [2.75, 3.05) is 6.61 Å². The van der Waals surface area contributed by atoms with Gasteiger partial charge < -0.3 is 9.84 Å². The molecule has 4 unspecified atom stereocenters. The maximum atomic E-state index is 12.1. The Hall–Kier alpha value is -0.830. The molecule has 0 radical (unpaired) electrons. The summed E-state index contributed by atoms with van der Waals surface area (Å²) >= 11 is 0. The molecule has 0 aromatic carbocycles. The van der Waals surface area contributed by atoms with Crippen molar-refractivity contribution in [1.82, 2.24) is 0 Å². The zero-order valence-electron chi connectivity index (χ0n) is 11.2. The first-order valence-electron chi connectivity index (χ1n) is 6.86. The number of carbonyl (C=O) groups excluding carboxylic acids is 1. The Labute approximate surface area is 107 Å². The van der Waals surface area contributed by atoms with Crippen LogP contribution in [-0.2, 0) is 9.53 Å². The minimum absolute atomic E-state index is 0.104. The molecule has 3 nitrogen and oxygen atoms in total. The van der Waals surface area contributed by atoms with Crippen LogP contribution >= 0.6 is 0 Å². The van der Waals surface area contributed by atoms with Gasteiger partial charge in [0.25, 0.3) is 0 Å². The van der Waals surface area contributed by atoms with E-state index in [4.69, 9.17) is 4.74 Å². The van der Waals surface area contributed by atoms with Gasteiger partial charge in [0.15, 0.2) is 0 Å². The van der Waals surface area contributed by atoms with E-state index in [0.717, 1.165) is 24.8 Å². The highest BCUT2D eigenvalue weighted by molar-refractivity contribution is 5.90. The standard InChI is InChI=1S/C15H20O3/c1-12(2)5-9-4-10-6-18-11(16)14(10)8-13(14,3)15(9,17)7-12/h4,9,17H,5-8H2,1-3H3. The quantitative estimate of drug-likeness (QED) is 0.527. The third-order valence-corrected chi connectivity index (χ3v) is 6.18. The van der Waals surface area contributed by atoms with E-state index < -0.39 is 11.0 Å². The molecule has 4 aliphatic rings. The number of aliphatic hydroxyl groups is 1. The number of carbonyl (C=O) groups is 1. The summed E-state index contributed by atoms with van der Waals surface area (Å²) in [6.45, 7) is 6.96. The van der Waals surface area contributed by atoms with E-state index in [-0.39, 0.29) is 22.7 Å². The molecule has 1 aliphatic heterocycles. The van der Waals surface area contributed by atoms with Gasteiger partial charge in [-0.05, 0) is 30.3 Å². The monoisotopic (exact) mass is 248 g/mol. The highest BCUT2D eigenvalue weighted by Crippen LogP contribution is 2.80. The van der Waals surface area contributed by atoms with Gasteiger partial charge in [-0.2, -0.15) is 0 Å². The summed E-state index contributed by atoms with van der Waals surface area (Å²) in [7, 11) is 0. The van der Waals surface area contributed by atoms with E-state index in [2.05, 4.69) is 26.8 Å². The summed E-state index contributed by atoms with van der Waals surface area (Å²) < 4.78 is 5.25. The molecule has 3 aliphatic carbocycles. The van der Waals surface area contributed by atoms with Gasteiger partial charge in [-0.15, -0.1) is 0 Å². The second-order valence-corrected chi connectivity index (χ2v) is 7.76. The molecule has 1 N–H and O–H groups in total. The van der Waals surface area contributed by atoms with Crippen LogP contribution in [0, 0.1) is 22.2 Å². The van der Waals surface area contributed by atoms with Crippen LogP contribution in [0.1, 0.15) is 40.0 Å². The van der Waals surface area contributed by atoms with Crippen molar-refractivity contribution >= 4 is 5.97 Å². The predicted octanol–water partition coefficient (Wildman–Crippen LogP) is 2.05. The number of hydrogen-bond acceptors (Lipinski definition) is 3. The fourth-order valence-electron chi connectivity index (χ4n) is 5.23. The molecule has 98 valence electrons. The SMILES string of the molecule is CC1(C)CC2C=C3COC(=O)C34CC4(C)C2(O)C1. The summed E-state index contributed by atoms with van der Waals surface area (Å²) in [5.74, 6) is 0.0884. The van der Waals surface area contributed by atoms with Gasteiger partial charge in [0, 0.05) is 11.3 Å². The first-order chi connectivity index (χ1) is 8.25. The van der Waals surface area contributed by atoms with E-state index in [1.807, 2.05) is 0 Å². The first kappa shape index (κ1) is 11.0. The zero-order chi connectivity index (χ0) is 13.0. The van der Waals surface area contributed by atoms with Crippen LogP contribution in [-0.4, -0.2) is 23.3 Å². The Bertz CT molecular complexity index is 506. The summed E-state index contributed by atoms with van der Waals surface area (Å²) in [6.07, 6.45) is 4.73. The van der Waals surface area contributed by atoms with Crippen LogP contribution in [0.15, 0.2) is 11.6 Å². The Morgan fingerprint density at radius 1 is 1.33 bits per heavy atom. The van der Waals surface area contributed by atoms with E-state index >= 15 is 0 Å². The summed E-state index contributed by atoms with van der Waals surface area (Å²) in [5.41, 5.74) is -0.188. The Morgan fingerprint density at radius 2 is 2.06 bits per heavy atom. The number of hydrogen-bond donors (Lipinski definition) is 1. The topological polar surface area (TPSA) is 46.5 Å². The largest absolute Gasteiger partial charge is 0.460 e. The highest BCUT2D eigenvalue weighted by atomic mass is 16.5. The van der Waals surface area contributed by atoms with Crippen LogP contribution in [0.25, 0.3) is 0 Å². The molecule has 2 saturated carbocycles. The van der Waals surface area contributed by atoms with Gasteiger partial charge in [0.05, 0.1) is 5.60 Å². The third-order valence-electron chi connectivity index (χ3n) is 6.18. The summed E-state index contributed by atoms with van der Waals surface area (Å²) in [6, 6.07) is 0. The molecular formula is C15H20O3. The zero-order valence-corrected chi connectivity index (χ0v) is 11.2. The molecule has 0 aromatic heterocycles. The van der Waals surface area contributed by atoms with E-state index in [0.29, 0.717) is 6.61 Å². The number of cyclic esters (lactones) is 1. The molecule has 0 amide bonds. The second-order valence-electron chi connectivity index (χ2n) is 7.76. The molecule has 1 saturated heterocycles. The lowest BCUT2D eigenvalue weighted by atomic mass is 9.66. The van der Waals surface area contributed by atoms with Crippen LogP contribution in [0.3, 0.4) is 0 Å². The first-order valence-corrected chi connectivity index (χ1v) is 6.86. The van der Waals surface area contributed by atoms with Crippen molar-refractivity contribution < 1.29 is 14.6 Å². The van der Waals surface area contributed by atoms with E-state index in [9.17, 15) is 9.90 Å². The van der Waals surface area contributed by atoms with Crippen molar-refractivity contribution in [3.8, 4) is 0 Å². The minimum atomic E-state index is -0.719. The Kier molecular flexibility index (Phi) is 1.57. The number of rotatable bonds is 0. The second kappa shape index (κ2) is 2.55. The lowest BCUT2D eigenvalue weighted by molar-refractivity contribution is -0.147. The maximum absolute atomic E-state index is 12.1. The average Bonchev–Trinajstić information content (AvgIpc) is 2.69. The van der Waals surface area contributed by atoms with Crippen molar-refractivity contribution in [2.24, 2.45) is 22.2 Å². The fraction of sp³-hybridized carbons (Fsp3) is 0.800. The highest BCUT2D eigenvalue weighted by Gasteiger charge is 2.84. The average molecular weight is 248 g/mol. The van der Waals surface area contributed by atoms with E-state index in [1.165, 1.54) is 0 Å². The lowest BCUT2D eigenvalue weighted by Crippen LogP contribution is -2.48. The molecule has 3 fully saturated rings. The fourth-order valence-corrected chi connectivity index (χ4v) is 5.23. The summed E-state index contributed by atoms with van der Waals surface area (Å²) in [4.78, 5) is 12.1. The van der Waals surface area contributed by atoms with E-state index in [1.54, 1.807) is 0 Å². The number of fused-ring (bicyclic) bond motifs is 2. The molecule has 1 heterocycles. The van der Waals surface area contributed by atoms with Crippen LogP contribution in [0.4, 0.5) is 0 Å². The maximum Gasteiger partial charge on any atom is 0.317 e. The van der Waals surface area contributed by atoms with Crippen LogP contribution < -0.4 is 0 Å². The lowest BCUT2D eigenvalue weighted by Gasteiger charge is -2.41. The molecule has 0 aromatic rings. The molecule has 4 rings (SSSR count). The minimum Gasteiger partial charge on any atom is -0.460 e. The van der Waals surface area contributed by atoms with Gasteiger partial charge in [-0.1, -0.05) is 26.8 Å². The molecule has 3 heteroatoms. The summed E-state index contributed by atoms with van der Waals surface area (Å²) in [5, 5.41) is 11.2. The number of ether oxygens (including phenoxy) is 1. The van der Waals surface area contributed by atoms with Gasteiger partial charge >= 0.3 is 5.97 Å². The molecule has 18 heavy (non-hydrogen) atoms. The molecule has 4 atom stereocenters. The van der Waals surface area contributed by atoms with Crippen LogP contribution in [0.2, 0.25) is 0 Å². The van der Waals surface area contributed by atoms with Gasteiger partial charge in [-0.3, -0.25) is 4.79 Å². The van der Waals surface area contributed by atoms with Crippen molar-refractivity contribution in [2.45, 2.75) is 45.6 Å². The Morgan fingerprint density at radius 3 is 2.78 bits per heavy atom. The predicted molar refractivity (Wildman–Crippen MR) is 65.7 cm³/mol. The molecular weight excluding hydrogens is 228 g/mol. The van der Waals surface area contributed by atoms with Crippen LogP contribution in [0.5, 0.6) is 0 Å². The smallest absolute Gasteiger partial charge is 0.317 e. The van der Waals surface area contributed by atoms with Gasteiger partial charge in [-0.25, -0.2) is 0 Å². The van der Waals surface area contributed by atoms with Crippen molar-refractivity contribution in [1.29, 1.82) is 0 Å². The van der Waals surface area contributed by atoms with Crippen molar-refractivity contribution in [3.63, 3.8) is 0 Å². The number of esters is 1. The third kappa shape index (κ3) is 0.870. The van der Waals surface area contributed by atoms with Crippen molar-refractivity contribution in [3.05, 3.63) is 11.6 Å². The van der Waals surface area contributed by atoms with Gasteiger partial charge in [0.1, 0.15) is 12.0 Å². The van der Waals surface area contributed by atoms with Gasteiger partial charge in [0.2, 0.25) is 0 Å². The Balaban J connectivity index is 1.90. The molecule has 1 spiro atoms. The molecule has 0 bridgehead atoms. The normalized spacial score (nSPS) is 55.2.